The Morgan fingerprint density at radius 1 is 1.26 bits per heavy atom. The average Bonchev–Trinajstić information content (AvgIpc) is 3.10. The predicted octanol–water partition coefficient (Wildman–Crippen LogP) is 3.37. The van der Waals surface area contributed by atoms with E-state index in [0.29, 0.717) is 17.7 Å². The van der Waals surface area contributed by atoms with E-state index in [1.165, 1.54) is 0 Å². The van der Waals surface area contributed by atoms with Crippen molar-refractivity contribution in [2.75, 3.05) is 6.61 Å². The molecular weight excluding hydrogens is 292 g/mol. The Hall–Kier alpha value is -3.13. The van der Waals surface area contributed by atoms with Crippen LogP contribution in [0.2, 0.25) is 0 Å². The minimum atomic E-state index is -0.455. The summed E-state index contributed by atoms with van der Waals surface area (Å²) < 4.78 is 10.5. The van der Waals surface area contributed by atoms with E-state index in [1.807, 2.05) is 12.1 Å². The summed E-state index contributed by atoms with van der Waals surface area (Å²) in [5.74, 6) is -0.205. The zero-order valence-corrected chi connectivity index (χ0v) is 12.3. The molecule has 0 radical (unpaired) electrons. The van der Waals surface area contributed by atoms with E-state index in [2.05, 4.69) is 11.1 Å². The van der Waals surface area contributed by atoms with Crippen molar-refractivity contribution in [1.29, 1.82) is 5.26 Å². The molecular formula is C18H14N2O3. The smallest absolute Gasteiger partial charge is 0.338 e. The lowest BCUT2D eigenvalue weighted by molar-refractivity contribution is 0.0468. The fourth-order valence-electron chi connectivity index (χ4n) is 2.35. The van der Waals surface area contributed by atoms with Crippen molar-refractivity contribution in [3.8, 4) is 6.07 Å². The second-order valence-electron chi connectivity index (χ2n) is 5.08. The summed E-state index contributed by atoms with van der Waals surface area (Å²) in [5, 5.41) is 9.92. The van der Waals surface area contributed by atoms with Crippen molar-refractivity contribution in [2.24, 2.45) is 5.92 Å². The van der Waals surface area contributed by atoms with Crippen LogP contribution in [0.3, 0.4) is 0 Å². The molecule has 0 N–H and O–H groups in total. The standard InChI is InChI=1S/C18H14N2O3/c19-11-13(10-14-4-3-9-22-14)12-23-18(21)16-5-1-7-17-15(16)6-2-8-20-17/h1-9,13H,10,12H2. The molecule has 0 saturated carbocycles. The molecule has 2 heterocycles. The summed E-state index contributed by atoms with van der Waals surface area (Å²) in [6.07, 6.45) is 3.64. The van der Waals surface area contributed by atoms with Gasteiger partial charge >= 0.3 is 5.97 Å². The lowest BCUT2D eigenvalue weighted by Gasteiger charge is -2.10. The van der Waals surface area contributed by atoms with Gasteiger partial charge in [0.2, 0.25) is 0 Å². The Morgan fingerprint density at radius 2 is 2.17 bits per heavy atom. The minimum Gasteiger partial charge on any atom is -0.469 e. The second kappa shape index (κ2) is 6.75. The lowest BCUT2D eigenvalue weighted by Crippen LogP contribution is -2.15. The van der Waals surface area contributed by atoms with Crippen LogP contribution in [0.5, 0.6) is 0 Å². The molecule has 0 aliphatic rings. The van der Waals surface area contributed by atoms with Crippen molar-refractivity contribution >= 4 is 16.9 Å². The van der Waals surface area contributed by atoms with Crippen molar-refractivity contribution in [3.05, 3.63) is 66.2 Å². The van der Waals surface area contributed by atoms with Crippen LogP contribution in [0.4, 0.5) is 0 Å². The highest BCUT2D eigenvalue weighted by molar-refractivity contribution is 6.03. The van der Waals surface area contributed by atoms with Crippen LogP contribution in [0, 0.1) is 17.2 Å². The van der Waals surface area contributed by atoms with E-state index in [1.54, 1.807) is 42.8 Å². The van der Waals surface area contributed by atoms with Crippen LogP contribution in [0.15, 0.2) is 59.3 Å². The Balaban J connectivity index is 1.70. The third-order valence-corrected chi connectivity index (χ3v) is 3.49. The molecule has 1 unspecified atom stereocenters. The van der Waals surface area contributed by atoms with Gasteiger partial charge in [-0.2, -0.15) is 5.26 Å². The molecule has 114 valence electrons. The number of ether oxygens (including phenoxy) is 1. The van der Waals surface area contributed by atoms with Crippen LogP contribution in [0.1, 0.15) is 16.1 Å². The molecule has 23 heavy (non-hydrogen) atoms. The number of pyridine rings is 1. The molecule has 0 saturated heterocycles. The fraction of sp³-hybridized carbons (Fsp3) is 0.167. The van der Waals surface area contributed by atoms with E-state index in [9.17, 15) is 10.1 Å². The zero-order valence-electron chi connectivity index (χ0n) is 12.3. The first-order chi connectivity index (χ1) is 11.3. The van der Waals surface area contributed by atoms with Crippen molar-refractivity contribution < 1.29 is 13.9 Å². The Bertz CT molecular complexity index is 845. The van der Waals surface area contributed by atoms with Gasteiger partial charge in [0.05, 0.1) is 29.3 Å². The number of nitrogens with zero attached hydrogens (tertiary/aromatic N) is 2. The molecule has 0 bridgehead atoms. The summed E-state index contributed by atoms with van der Waals surface area (Å²) in [7, 11) is 0. The van der Waals surface area contributed by atoms with Gasteiger partial charge in [-0.1, -0.05) is 12.1 Å². The first-order valence-corrected chi connectivity index (χ1v) is 7.21. The number of carbonyl (C=O) groups excluding carboxylic acids is 1. The van der Waals surface area contributed by atoms with E-state index in [-0.39, 0.29) is 6.61 Å². The van der Waals surface area contributed by atoms with Crippen molar-refractivity contribution in [2.45, 2.75) is 6.42 Å². The second-order valence-corrected chi connectivity index (χ2v) is 5.08. The number of hydrogen-bond acceptors (Lipinski definition) is 5. The van der Waals surface area contributed by atoms with Crippen molar-refractivity contribution in [3.63, 3.8) is 0 Å². The van der Waals surface area contributed by atoms with E-state index in [4.69, 9.17) is 9.15 Å². The molecule has 0 amide bonds. The monoisotopic (exact) mass is 306 g/mol. The highest BCUT2D eigenvalue weighted by atomic mass is 16.5. The van der Waals surface area contributed by atoms with E-state index >= 15 is 0 Å². The minimum absolute atomic E-state index is 0.0205. The van der Waals surface area contributed by atoms with Crippen LogP contribution < -0.4 is 0 Å². The van der Waals surface area contributed by atoms with Gasteiger partial charge in [-0.05, 0) is 30.3 Å². The van der Waals surface area contributed by atoms with Crippen LogP contribution >= 0.6 is 0 Å². The largest absolute Gasteiger partial charge is 0.469 e. The fourth-order valence-corrected chi connectivity index (χ4v) is 2.35. The average molecular weight is 306 g/mol. The first kappa shape index (κ1) is 14.8. The molecule has 0 fully saturated rings. The number of carbonyl (C=O) groups is 1. The summed E-state index contributed by atoms with van der Waals surface area (Å²) in [4.78, 5) is 16.5. The Morgan fingerprint density at radius 3 is 2.96 bits per heavy atom. The van der Waals surface area contributed by atoms with Gasteiger partial charge in [-0.25, -0.2) is 4.79 Å². The molecule has 2 aromatic heterocycles. The molecule has 0 spiro atoms. The van der Waals surface area contributed by atoms with Gasteiger partial charge in [-0.3, -0.25) is 4.98 Å². The van der Waals surface area contributed by atoms with Gasteiger partial charge in [-0.15, -0.1) is 0 Å². The molecule has 1 aromatic carbocycles. The third-order valence-electron chi connectivity index (χ3n) is 3.49. The summed E-state index contributed by atoms with van der Waals surface area (Å²) in [5.41, 5.74) is 1.18. The topological polar surface area (TPSA) is 76.1 Å². The van der Waals surface area contributed by atoms with Crippen LogP contribution in [-0.4, -0.2) is 17.6 Å². The maximum absolute atomic E-state index is 12.3. The first-order valence-electron chi connectivity index (χ1n) is 7.21. The van der Waals surface area contributed by atoms with E-state index < -0.39 is 11.9 Å². The summed E-state index contributed by atoms with van der Waals surface area (Å²) >= 11 is 0. The van der Waals surface area contributed by atoms with Crippen LogP contribution in [-0.2, 0) is 11.2 Å². The Kier molecular flexibility index (Phi) is 4.34. The highest BCUT2D eigenvalue weighted by Crippen LogP contribution is 2.18. The molecule has 5 nitrogen and oxygen atoms in total. The number of hydrogen-bond donors (Lipinski definition) is 0. The number of nitriles is 1. The summed E-state index contributed by atoms with van der Waals surface area (Å²) in [6.45, 7) is 0.0205. The predicted molar refractivity (Wildman–Crippen MR) is 83.5 cm³/mol. The molecule has 0 aliphatic heterocycles. The summed E-state index contributed by atoms with van der Waals surface area (Å²) in [6, 6.07) is 14.6. The SMILES string of the molecule is N#CC(COC(=O)c1cccc2ncccc12)Cc1ccco1. The highest BCUT2D eigenvalue weighted by Gasteiger charge is 2.16. The van der Waals surface area contributed by atoms with Gasteiger partial charge in [0.25, 0.3) is 0 Å². The lowest BCUT2D eigenvalue weighted by atomic mass is 10.1. The van der Waals surface area contributed by atoms with E-state index in [0.717, 1.165) is 10.9 Å². The molecule has 5 heteroatoms. The maximum atomic E-state index is 12.3. The number of aromatic nitrogens is 1. The third kappa shape index (κ3) is 3.38. The van der Waals surface area contributed by atoms with Crippen LogP contribution in [0.25, 0.3) is 10.9 Å². The molecule has 0 aliphatic carbocycles. The van der Waals surface area contributed by atoms with Gasteiger partial charge in [0, 0.05) is 18.0 Å². The quantitative estimate of drug-likeness (QED) is 0.675. The maximum Gasteiger partial charge on any atom is 0.338 e. The van der Waals surface area contributed by atoms with Gasteiger partial charge < -0.3 is 9.15 Å². The normalized spacial score (nSPS) is 11.8. The van der Waals surface area contributed by atoms with Gasteiger partial charge in [0.15, 0.2) is 0 Å². The number of rotatable bonds is 5. The molecule has 3 aromatic rings. The van der Waals surface area contributed by atoms with Gasteiger partial charge in [0.1, 0.15) is 12.4 Å². The Labute approximate surface area is 133 Å². The molecule has 1 atom stereocenters. The number of benzene rings is 1. The zero-order chi connectivity index (χ0) is 16.1. The number of fused-ring (bicyclic) bond motifs is 1. The van der Waals surface area contributed by atoms with Crippen molar-refractivity contribution in [1.82, 2.24) is 4.98 Å². The number of furan rings is 1. The molecule has 3 rings (SSSR count). The number of esters is 1.